The van der Waals surface area contributed by atoms with E-state index >= 15 is 0 Å². The van der Waals surface area contributed by atoms with Crippen molar-refractivity contribution in [3.8, 4) is 0 Å². The van der Waals surface area contributed by atoms with Crippen LogP contribution in [0.25, 0.3) is 0 Å². The molecule has 3 aliphatic rings. The second-order valence-electron chi connectivity index (χ2n) is 8.87. The fourth-order valence-corrected chi connectivity index (χ4v) is 5.73. The van der Waals surface area contributed by atoms with E-state index in [0.717, 1.165) is 51.1 Å². The molecule has 3 fully saturated rings. The van der Waals surface area contributed by atoms with Crippen molar-refractivity contribution in [2.24, 2.45) is 17.8 Å². The molecule has 0 unspecified atom stereocenters. The van der Waals surface area contributed by atoms with Crippen LogP contribution in [0.2, 0.25) is 0 Å². The van der Waals surface area contributed by atoms with Crippen molar-refractivity contribution in [3.05, 3.63) is 17.0 Å². The Bertz CT molecular complexity index is 679. The van der Waals surface area contributed by atoms with Gasteiger partial charge in [-0.2, -0.15) is 5.10 Å². The first-order valence-electron chi connectivity index (χ1n) is 10.7. The Hall–Kier alpha value is -1.40. The highest BCUT2D eigenvalue weighted by Gasteiger charge is 2.62. The van der Waals surface area contributed by atoms with Gasteiger partial charge in [-0.05, 0) is 39.5 Å². The molecule has 1 amide bonds. The number of hydrogen-bond donors (Lipinski definition) is 2. The number of rotatable bonds is 7. The van der Waals surface area contributed by atoms with E-state index in [9.17, 15) is 4.79 Å². The van der Waals surface area contributed by atoms with Crippen LogP contribution < -0.4 is 5.32 Å². The average molecular weight is 375 g/mol. The number of nitrogens with one attached hydrogen (secondary N) is 2. The van der Waals surface area contributed by atoms with Crippen LogP contribution >= 0.6 is 0 Å². The molecule has 4 atom stereocenters. The number of likely N-dealkylation sites (tertiary alicyclic amines) is 1. The third-order valence-electron chi connectivity index (χ3n) is 7.39. The van der Waals surface area contributed by atoms with Crippen LogP contribution in [0.15, 0.2) is 0 Å². The molecule has 4 rings (SSSR count). The van der Waals surface area contributed by atoms with Gasteiger partial charge in [0.1, 0.15) is 0 Å². The number of H-pyrrole nitrogens is 1. The first kappa shape index (κ1) is 18.9. The van der Waals surface area contributed by atoms with Crippen molar-refractivity contribution in [3.63, 3.8) is 0 Å². The number of fused-ring (bicyclic) bond motifs is 1. The first-order valence-corrected chi connectivity index (χ1v) is 10.7. The van der Waals surface area contributed by atoms with Gasteiger partial charge in [0.15, 0.2) is 0 Å². The van der Waals surface area contributed by atoms with Crippen LogP contribution in [0.3, 0.4) is 0 Å². The molecular weight excluding hydrogens is 340 g/mol. The summed E-state index contributed by atoms with van der Waals surface area (Å²) in [7, 11) is 0. The fraction of sp³-hybridized carbons (Fsp3) is 0.810. The standard InChI is InChI=1S/C21H34N4O2/c1-5-15(6-2)20(26)22-9-16-18-11-25(10-17-13(3)23-24-14(17)4)12-21(18)8-7-19(16)27-21/h15-16,18-19H,5-12H2,1-4H3,(H,22,26)(H,23,24)/t16-,18+,19+,21+/m0/s1. The lowest BCUT2D eigenvalue weighted by Crippen LogP contribution is -2.43. The van der Waals surface area contributed by atoms with Crippen molar-refractivity contribution in [2.45, 2.75) is 71.6 Å². The van der Waals surface area contributed by atoms with E-state index in [-0.39, 0.29) is 17.4 Å². The van der Waals surface area contributed by atoms with Crippen molar-refractivity contribution in [1.82, 2.24) is 20.4 Å². The summed E-state index contributed by atoms with van der Waals surface area (Å²) in [6.07, 6.45) is 4.46. The lowest BCUT2D eigenvalue weighted by atomic mass is 9.73. The first-order chi connectivity index (χ1) is 13.0. The van der Waals surface area contributed by atoms with Crippen LogP contribution in [-0.4, -0.2) is 52.3 Å². The minimum Gasteiger partial charge on any atom is -0.370 e. The summed E-state index contributed by atoms with van der Waals surface area (Å²) in [5.74, 6) is 1.35. The van der Waals surface area contributed by atoms with Gasteiger partial charge < -0.3 is 10.1 Å². The molecule has 0 radical (unpaired) electrons. The minimum absolute atomic E-state index is 0.0144. The molecule has 0 aromatic carbocycles. The summed E-state index contributed by atoms with van der Waals surface area (Å²) in [6.45, 7) is 12.1. The number of amides is 1. The normalized spacial score (nSPS) is 32.4. The Kier molecular flexibility index (Phi) is 5.06. The topological polar surface area (TPSA) is 70.2 Å². The number of hydrogen-bond acceptors (Lipinski definition) is 4. The SMILES string of the molecule is CCC(CC)C(=O)NC[C@H]1[C@H]2CN(Cc3c(C)n[nH]c3C)C[C@]23CC[C@H]1O3. The Labute approximate surface area is 162 Å². The van der Waals surface area contributed by atoms with Crippen molar-refractivity contribution in [2.75, 3.05) is 19.6 Å². The molecule has 2 N–H and O–H groups in total. The molecule has 4 heterocycles. The van der Waals surface area contributed by atoms with E-state index in [4.69, 9.17) is 4.74 Å². The lowest BCUT2D eigenvalue weighted by Gasteiger charge is -2.30. The monoisotopic (exact) mass is 374 g/mol. The molecule has 3 saturated heterocycles. The number of nitrogens with zero attached hydrogens (tertiary/aromatic N) is 2. The van der Waals surface area contributed by atoms with Crippen molar-refractivity contribution in [1.29, 1.82) is 0 Å². The average Bonchev–Trinajstić information content (AvgIpc) is 3.37. The van der Waals surface area contributed by atoms with Crippen LogP contribution in [0.5, 0.6) is 0 Å². The highest BCUT2D eigenvalue weighted by molar-refractivity contribution is 5.78. The van der Waals surface area contributed by atoms with Gasteiger partial charge in [-0.15, -0.1) is 0 Å². The van der Waals surface area contributed by atoms with Crippen molar-refractivity contribution >= 4 is 5.91 Å². The highest BCUT2D eigenvalue weighted by atomic mass is 16.5. The van der Waals surface area contributed by atoms with Gasteiger partial charge in [0.2, 0.25) is 5.91 Å². The fourth-order valence-electron chi connectivity index (χ4n) is 5.73. The van der Waals surface area contributed by atoms with Gasteiger partial charge in [-0.1, -0.05) is 13.8 Å². The number of aryl methyl sites for hydroxylation is 2. The largest absolute Gasteiger partial charge is 0.370 e. The molecule has 0 saturated carbocycles. The Morgan fingerprint density at radius 2 is 2.19 bits per heavy atom. The second kappa shape index (κ2) is 7.21. The summed E-state index contributed by atoms with van der Waals surface area (Å²) < 4.78 is 6.54. The number of aromatic nitrogens is 2. The van der Waals surface area contributed by atoms with Crippen molar-refractivity contribution < 1.29 is 9.53 Å². The molecule has 1 aromatic rings. The number of carbonyl (C=O) groups is 1. The third kappa shape index (κ3) is 3.21. The van der Waals surface area contributed by atoms with Crippen LogP contribution in [0.4, 0.5) is 0 Å². The maximum atomic E-state index is 12.4. The molecule has 2 bridgehead atoms. The summed E-state index contributed by atoms with van der Waals surface area (Å²) in [4.78, 5) is 15.0. The number of carbonyl (C=O) groups excluding carboxylic acids is 1. The predicted octanol–water partition coefficient (Wildman–Crippen LogP) is 2.56. The van der Waals surface area contributed by atoms with Gasteiger partial charge in [0.25, 0.3) is 0 Å². The van der Waals surface area contributed by atoms with Gasteiger partial charge >= 0.3 is 0 Å². The third-order valence-corrected chi connectivity index (χ3v) is 7.39. The second-order valence-corrected chi connectivity index (χ2v) is 8.87. The summed E-state index contributed by atoms with van der Waals surface area (Å²) in [5, 5.41) is 10.7. The molecule has 27 heavy (non-hydrogen) atoms. The van der Waals surface area contributed by atoms with E-state index in [1.165, 1.54) is 17.7 Å². The number of aromatic amines is 1. The summed E-state index contributed by atoms with van der Waals surface area (Å²) in [6, 6.07) is 0. The Balaban J connectivity index is 1.41. The molecule has 6 heteroatoms. The van der Waals surface area contributed by atoms with Crippen LogP contribution in [0.1, 0.15) is 56.5 Å². The number of ether oxygens (including phenoxy) is 1. The van der Waals surface area contributed by atoms with E-state index in [2.05, 4.69) is 48.1 Å². The van der Waals surface area contributed by atoms with E-state index < -0.39 is 0 Å². The molecular formula is C21H34N4O2. The predicted molar refractivity (Wildman–Crippen MR) is 104 cm³/mol. The maximum Gasteiger partial charge on any atom is 0.223 e. The van der Waals surface area contributed by atoms with E-state index in [1.54, 1.807) is 0 Å². The zero-order valence-corrected chi connectivity index (χ0v) is 17.2. The van der Waals surface area contributed by atoms with Crippen LogP contribution in [0, 0.1) is 31.6 Å². The Morgan fingerprint density at radius 3 is 2.85 bits per heavy atom. The lowest BCUT2D eigenvalue weighted by molar-refractivity contribution is -0.125. The molecule has 6 nitrogen and oxygen atoms in total. The molecule has 150 valence electrons. The molecule has 0 aliphatic carbocycles. The molecule has 1 aromatic heterocycles. The van der Waals surface area contributed by atoms with Crippen LogP contribution in [-0.2, 0) is 16.1 Å². The van der Waals surface area contributed by atoms with E-state index in [0.29, 0.717) is 17.9 Å². The highest BCUT2D eigenvalue weighted by Crippen LogP contribution is 2.54. The smallest absolute Gasteiger partial charge is 0.223 e. The maximum absolute atomic E-state index is 12.4. The molecule has 1 spiro atoms. The zero-order valence-electron chi connectivity index (χ0n) is 17.2. The minimum atomic E-state index is 0.0144. The van der Waals surface area contributed by atoms with Gasteiger partial charge in [-0.3, -0.25) is 14.8 Å². The Morgan fingerprint density at radius 1 is 1.41 bits per heavy atom. The van der Waals surface area contributed by atoms with Gasteiger partial charge in [-0.25, -0.2) is 0 Å². The van der Waals surface area contributed by atoms with E-state index in [1.807, 2.05) is 0 Å². The quantitative estimate of drug-likeness (QED) is 0.770. The summed E-state index contributed by atoms with van der Waals surface area (Å²) in [5.41, 5.74) is 3.60. The molecule has 3 aliphatic heterocycles. The van der Waals surface area contributed by atoms with Gasteiger partial charge in [0, 0.05) is 55.2 Å². The summed E-state index contributed by atoms with van der Waals surface area (Å²) >= 11 is 0. The zero-order chi connectivity index (χ0) is 19.2. The van der Waals surface area contributed by atoms with Gasteiger partial charge in [0.05, 0.1) is 17.4 Å².